The highest BCUT2D eigenvalue weighted by Crippen LogP contribution is 2.19. The number of amides is 1. The zero-order valence-corrected chi connectivity index (χ0v) is 17.8. The number of halogens is 4. The number of thiazole rings is 1. The van der Waals surface area contributed by atoms with Gasteiger partial charge in [0.1, 0.15) is 0 Å². The summed E-state index contributed by atoms with van der Waals surface area (Å²) >= 11 is 1.60. The van der Waals surface area contributed by atoms with E-state index in [1.165, 1.54) is 7.05 Å². The number of nitrogens with zero attached hydrogens (tertiary/aromatic N) is 2. The zero-order valence-electron chi connectivity index (χ0n) is 14.6. The van der Waals surface area contributed by atoms with Gasteiger partial charge in [0.05, 0.1) is 17.2 Å². The number of rotatable bonds is 6. The van der Waals surface area contributed by atoms with Gasteiger partial charge in [-0.05, 0) is 19.1 Å². The standard InChI is InChI=1S/C16H18F3N5OS.HI/c1-9-7-22-13(26-9)5-6-21-16(20-2)23-8-12(25)24-11-4-3-10(17)14(18)15(11)19;/h3-4,7H,5-6,8H2,1-2H3,(H,24,25)(H2,20,21,23);1H. The summed E-state index contributed by atoms with van der Waals surface area (Å²) in [6, 6.07) is 1.69. The van der Waals surface area contributed by atoms with E-state index in [1.807, 2.05) is 6.92 Å². The predicted octanol–water partition coefficient (Wildman–Crippen LogP) is 2.83. The molecule has 1 heterocycles. The minimum atomic E-state index is -1.63. The van der Waals surface area contributed by atoms with Gasteiger partial charge in [0.25, 0.3) is 0 Å². The molecule has 0 aliphatic carbocycles. The molecule has 0 atom stereocenters. The number of aromatic nitrogens is 1. The lowest BCUT2D eigenvalue weighted by atomic mass is 10.2. The summed E-state index contributed by atoms with van der Waals surface area (Å²) in [6.07, 6.45) is 2.50. The number of carbonyl (C=O) groups is 1. The lowest BCUT2D eigenvalue weighted by molar-refractivity contribution is -0.115. The van der Waals surface area contributed by atoms with E-state index in [9.17, 15) is 18.0 Å². The van der Waals surface area contributed by atoms with Crippen molar-refractivity contribution in [3.05, 3.63) is 45.7 Å². The van der Waals surface area contributed by atoms with Crippen LogP contribution in [0.5, 0.6) is 0 Å². The molecule has 1 amide bonds. The molecule has 0 aliphatic rings. The maximum absolute atomic E-state index is 13.5. The van der Waals surface area contributed by atoms with E-state index in [1.54, 1.807) is 17.5 Å². The van der Waals surface area contributed by atoms with E-state index >= 15 is 0 Å². The molecule has 1 aromatic carbocycles. The topological polar surface area (TPSA) is 78.4 Å². The lowest BCUT2D eigenvalue weighted by Crippen LogP contribution is -2.42. The highest BCUT2D eigenvalue weighted by molar-refractivity contribution is 14.0. The van der Waals surface area contributed by atoms with Crippen LogP contribution in [0.1, 0.15) is 9.88 Å². The van der Waals surface area contributed by atoms with Crippen molar-refractivity contribution in [3.63, 3.8) is 0 Å². The fraction of sp³-hybridized carbons (Fsp3) is 0.312. The molecule has 2 aromatic rings. The summed E-state index contributed by atoms with van der Waals surface area (Å²) in [4.78, 5) is 21.2. The lowest BCUT2D eigenvalue weighted by Gasteiger charge is -2.12. The maximum atomic E-state index is 13.5. The van der Waals surface area contributed by atoms with Gasteiger partial charge >= 0.3 is 0 Å². The molecule has 0 spiro atoms. The number of guanidine groups is 1. The van der Waals surface area contributed by atoms with Crippen LogP contribution in [0.4, 0.5) is 18.9 Å². The summed E-state index contributed by atoms with van der Waals surface area (Å²) in [6.45, 7) is 2.31. The minimum absolute atomic E-state index is 0. The van der Waals surface area contributed by atoms with E-state index in [4.69, 9.17) is 0 Å². The summed E-state index contributed by atoms with van der Waals surface area (Å²) in [5, 5.41) is 8.91. The molecular weight excluding hydrogens is 494 g/mol. The molecule has 1 aromatic heterocycles. The summed E-state index contributed by atoms with van der Waals surface area (Å²) in [5.41, 5.74) is -0.433. The highest BCUT2D eigenvalue weighted by Gasteiger charge is 2.15. The molecule has 0 saturated heterocycles. The van der Waals surface area contributed by atoms with Crippen LogP contribution in [-0.4, -0.2) is 37.0 Å². The van der Waals surface area contributed by atoms with Crippen molar-refractivity contribution in [1.82, 2.24) is 15.6 Å². The van der Waals surface area contributed by atoms with Crippen LogP contribution in [0, 0.1) is 24.4 Å². The number of aryl methyl sites for hydroxylation is 1. The van der Waals surface area contributed by atoms with Crippen molar-refractivity contribution in [2.45, 2.75) is 13.3 Å². The van der Waals surface area contributed by atoms with Crippen molar-refractivity contribution in [3.8, 4) is 0 Å². The Morgan fingerprint density at radius 1 is 1.22 bits per heavy atom. The molecular formula is C16H19F3IN5OS. The Hall–Kier alpha value is -1.89. The SMILES string of the molecule is CN=C(NCCc1ncc(C)s1)NCC(=O)Nc1ccc(F)c(F)c1F.I. The average Bonchev–Trinajstić information content (AvgIpc) is 3.03. The zero-order chi connectivity index (χ0) is 19.1. The molecule has 0 bridgehead atoms. The van der Waals surface area contributed by atoms with Gasteiger partial charge in [0.2, 0.25) is 5.91 Å². The Morgan fingerprint density at radius 3 is 2.59 bits per heavy atom. The van der Waals surface area contributed by atoms with Gasteiger partial charge in [0.15, 0.2) is 23.4 Å². The summed E-state index contributed by atoms with van der Waals surface area (Å²) in [7, 11) is 1.54. The molecule has 2 rings (SSSR count). The fourth-order valence-corrected chi connectivity index (χ4v) is 2.79. The third kappa shape index (κ3) is 6.97. The van der Waals surface area contributed by atoms with Crippen LogP contribution in [0.15, 0.2) is 23.3 Å². The molecule has 0 aliphatic heterocycles. The van der Waals surface area contributed by atoms with Crippen molar-refractivity contribution in [2.24, 2.45) is 4.99 Å². The minimum Gasteiger partial charge on any atom is -0.356 e. The molecule has 0 saturated carbocycles. The molecule has 0 unspecified atom stereocenters. The highest BCUT2D eigenvalue weighted by atomic mass is 127. The second kappa shape index (κ2) is 11.1. The van der Waals surface area contributed by atoms with Crippen LogP contribution in [0.25, 0.3) is 0 Å². The van der Waals surface area contributed by atoms with E-state index < -0.39 is 29.0 Å². The van der Waals surface area contributed by atoms with Gasteiger partial charge in [-0.25, -0.2) is 18.2 Å². The third-order valence-corrected chi connectivity index (χ3v) is 4.22. The summed E-state index contributed by atoms with van der Waals surface area (Å²) in [5.74, 6) is -4.66. The molecule has 3 N–H and O–H groups in total. The second-order valence-corrected chi connectivity index (χ2v) is 6.56. The molecule has 6 nitrogen and oxygen atoms in total. The first-order valence-electron chi connectivity index (χ1n) is 7.70. The van der Waals surface area contributed by atoms with Gasteiger partial charge in [-0.1, -0.05) is 0 Å². The Balaban J connectivity index is 0.00000364. The molecule has 0 fully saturated rings. The van der Waals surface area contributed by atoms with Gasteiger partial charge in [-0.3, -0.25) is 9.79 Å². The smallest absolute Gasteiger partial charge is 0.243 e. The van der Waals surface area contributed by atoms with Crippen molar-refractivity contribution >= 4 is 52.9 Å². The van der Waals surface area contributed by atoms with Crippen LogP contribution < -0.4 is 16.0 Å². The van der Waals surface area contributed by atoms with E-state index in [-0.39, 0.29) is 30.5 Å². The normalized spacial score (nSPS) is 10.9. The average molecular weight is 513 g/mol. The third-order valence-electron chi connectivity index (χ3n) is 3.25. The Bertz CT molecular complexity index is 815. The fourth-order valence-electron chi connectivity index (χ4n) is 2.01. The van der Waals surface area contributed by atoms with E-state index in [2.05, 4.69) is 25.9 Å². The monoisotopic (exact) mass is 513 g/mol. The number of anilines is 1. The van der Waals surface area contributed by atoms with Gasteiger partial charge in [-0.15, -0.1) is 35.3 Å². The number of aliphatic imine (C=N–C) groups is 1. The largest absolute Gasteiger partial charge is 0.356 e. The molecule has 11 heteroatoms. The first kappa shape index (κ1) is 23.1. The van der Waals surface area contributed by atoms with Gasteiger partial charge < -0.3 is 16.0 Å². The van der Waals surface area contributed by atoms with Crippen LogP contribution >= 0.6 is 35.3 Å². The molecule has 0 radical (unpaired) electrons. The quantitative estimate of drug-likeness (QED) is 0.240. The van der Waals surface area contributed by atoms with Crippen LogP contribution in [0.3, 0.4) is 0 Å². The maximum Gasteiger partial charge on any atom is 0.243 e. The van der Waals surface area contributed by atoms with E-state index in [0.717, 1.165) is 22.0 Å². The number of hydrogen-bond donors (Lipinski definition) is 3. The second-order valence-electron chi connectivity index (χ2n) is 5.24. The van der Waals surface area contributed by atoms with Gasteiger partial charge in [0, 0.05) is 31.1 Å². The van der Waals surface area contributed by atoms with Crippen LogP contribution in [-0.2, 0) is 11.2 Å². The number of hydrogen-bond acceptors (Lipinski definition) is 4. The Kier molecular flexibility index (Phi) is 9.49. The number of carbonyl (C=O) groups excluding carboxylic acids is 1. The molecule has 148 valence electrons. The number of nitrogens with one attached hydrogen (secondary N) is 3. The Morgan fingerprint density at radius 2 is 1.96 bits per heavy atom. The first-order valence-corrected chi connectivity index (χ1v) is 8.51. The van der Waals surface area contributed by atoms with E-state index in [0.29, 0.717) is 18.9 Å². The Labute approximate surface area is 175 Å². The van der Waals surface area contributed by atoms with Crippen molar-refractivity contribution in [1.29, 1.82) is 0 Å². The first-order chi connectivity index (χ1) is 12.4. The van der Waals surface area contributed by atoms with Crippen molar-refractivity contribution < 1.29 is 18.0 Å². The van der Waals surface area contributed by atoms with Crippen molar-refractivity contribution in [2.75, 3.05) is 25.5 Å². The van der Waals surface area contributed by atoms with Crippen LogP contribution in [0.2, 0.25) is 0 Å². The summed E-state index contributed by atoms with van der Waals surface area (Å²) < 4.78 is 39.5. The predicted molar refractivity (Wildman–Crippen MR) is 110 cm³/mol. The molecule has 27 heavy (non-hydrogen) atoms. The van der Waals surface area contributed by atoms with Gasteiger partial charge in [-0.2, -0.15) is 0 Å². The number of benzene rings is 1.